The maximum atomic E-state index is 12.8. The van der Waals surface area contributed by atoms with E-state index in [1.807, 2.05) is 17.2 Å². The highest BCUT2D eigenvalue weighted by Gasteiger charge is 2.29. The molecule has 7 nitrogen and oxygen atoms in total. The summed E-state index contributed by atoms with van der Waals surface area (Å²) in [6, 6.07) is 1.47. The third-order valence-electron chi connectivity index (χ3n) is 4.59. The molecule has 0 bridgehead atoms. The number of hydrogen-bond acceptors (Lipinski definition) is 5. The van der Waals surface area contributed by atoms with Crippen LogP contribution in [0.15, 0.2) is 28.6 Å². The van der Waals surface area contributed by atoms with E-state index in [0.717, 1.165) is 35.7 Å². The van der Waals surface area contributed by atoms with Gasteiger partial charge >= 0.3 is 0 Å². The van der Waals surface area contributed by atoms with Crippen molar-refractivity contribution in [1.29, 1.82) is 0 Å². The molecule has 1 aliphatic rings. The summed E-state index contributed by atoms with van der Waals surface area (Å²) in [5.41, 5.74) is 1.44. The van der Waals surface area contributed by atoms with Crippen LogP contribution in [0.5, 0.6) is 0 Å². The van der Waals surface area contributed by atoms with Crippen molar-refractivity contribution in [2.24, 2.45) is 0 Å². The second-order valence-corrected chi connectivity index (χ2v) is 7.38. The Morgan fingerprint density at radius 3 is 3.12 bits per heavy atom. The molecule has 130 valence electrons. The summed E-state index contributed by atoms with van der Waals surface area (Å²) in [5.74, 6) is 0.565. The first-order valence-corrected chi connectivity index (χ1v) is 9.26. The zero-order valence-corrected chi connectivity index (χ0v) is 14.8. The fraction of sp³-hybridized carbons (Fsp3) is 0.412. The number of imidazole rings is 1. The highest BCUT2D eigenvalue weighted by molar-refractivity contribution is 7.09. The number of piperidine rings is 1. The minimum Gasteiger partial charge on any atom is -0.334 e. The lowest BCUT2D eigenvalue weighted by Gasteiger charge is -2.35. The number of aryl methyl sites for hydroxylation is 1. The van der Waals surface area contributed by atoms with Gasteiger partial charge in [0.2, 0.25) is 11.7 Å². The fourth-order valence-corrected chi connectivity index (χ4v) is 4.03. The van der Waals surface area contributed by atoms with E-state index in [1.165, 1.54) is 4.40 Å². The molecular formula is C17H19N5O2S. The molecule has 1 fully saturated rings. The van der Waals surface area contributed by atoms with Gasteiger partial charge in [0.05, 0.1) is 23.2 Å². The third kappa shape index (κ3) is 3.09. The zero-order chi connectivity index (χ0) is 17.4. The molecule has 1 saturated heterocycles. The molecule has 25 heavy (non-hydrogen) atoms. The predicted octanol–water partition coefficient (Wildman–Crippen LogP) is 2.08. The number of amides is 1. The van der Waals surface area contributed by atoms with Crippen LogP contribution in [-0.2, 0) is 11.2 Å². The van der Waals surface area contributed by atoms with Gasteiger partial charge in [-0.25, -0.2) is 9.97 Å². The van der Waals surface area contributed by atoms with Gasteiger partial charge in [-0.05, 0) is 26.2 Å². The molecule has 4 rings (SSSR count). The monoisotopic (exact) mass is 357 g/mol. The number of likely N-dealkylation sites (tertiary alicyclic amines) is 1. The van der Waals surface area contributed by atoms with Crippen molar-refractivity contribution in [3.63, 3.8) is 0 Å². The summed E-state index contributed by atoms with van der Waals surface area (Å²) >= 11 is 1.55. The van der Waals surface area contributed by atoms with Crippen molar-refractivity contribution in [3.8, 4) is 0 Å². The van der Waals surface area contributed by atoms with Gasteiger partial charge in [0.1, 0.15) is 0 Å². The van der Waals surface area contributed by atoms with E-state index < -0.39 is 0 Å². The van der Waals surface area contributed by atoms with E-state index in [4.69, 9.17) is 0 Å². The Kier molecular flexibility index (Phi) is 4.12. The number of thiazole rings is 1. The number of hydrogen-bond donors (Lipinski definition) is 1. The van der Waals surface area contributed by atoms with Crippen LogP contribution in [0.25, 0.3) is 5.78 Å². The van der Waals surface area contributed by atoms with Gasteiger partial charge in [-0.2, -0.15) is 0 Å². The summed E-state index contributed by atoms with van der Waals surface area (Å²) in [6.45, 7) is 2.64. The quantitative estimate of drug-likeness (QED) is 0.778. The summed E-state index contributed by atoms with van der Waals surface area (Å²) < 4.78 is 1.47. The van der Waals surface area contributed by atoms with Crippen molar-refractivity contribution in [2.45, 2.75) is 38.6 Å². The molecule has 1 atom stereocenters. The van der Waals surface area contributed by atoms with Crippen molar-refractivity contribution in [1.82, 2.24) is 24.3 Å². The van der Waals surface area contributed by atoms with Crippen molar-refractivity contribution >= 4 is 23.0 Å². The molecule has 0 saturated carbocycles. The Morgan fingerprint density at radius 1 is 1.44 bits per heavy atom. The first-order chi connectivity index (χ1) is 12.1. The van der Waals surface area contributed by atoms with Gasteiger partial charge in [0.15, 0.2) is 0 Å². The second kappa shape index (κ2) is 6.44. The molecule has 0 aromatic carbocycles. The van der Waals surface area contributed by atoms with Gasteiger partial charge in [-0.1, -0.05) is 0 Å². The molecule has 1 aliphatic heterocycles. The average molecular weight is 357 g/mol. The molecule has 1 N–H and O–H groups in total. The summed E-state index contributed by atoms with van der Waals surface area (Å²) in [4.78, 5) is 38.8. The summed E-state index contributed by atoms with van der Waals surface area (Å²) in [7, 11) is 0. The Labute approximate surface area is 148 Å². The number of nitrogens with one attached hydrogen (secondary N) is 1. The predicted molar refractivity (Wildman–Crippen MR) is 94.7 cm³/mol. The highest BCUT2D eigenvalue weighted by Crippen LogP contribution is 2.30. The number of aromatic amines is 1. The molecule has 0 spiro atoms. The van der Waals surface area contributed by atoms with Crippen LogP contribution in [0.3, 0.4) is 0 Å². The van der Waals surface area contributed by atoms with Crippen LogP contribution in [0.4, 0.5) is 0 Å². The Morgan fingerprint density at radius 2 is 2.32 bits per heavy atom. The van der Waals surface area contributed by atoms with E-state index in [0.29, 0.717) is 18.7 Å². The van der Waals surface area contributed by atoms with E-state index in [-0.39, 0.29) is 17.5 Å². The maximum absolute atomic E-state index is 12.8. The Bertz CT molecular complexity index is 973. The number of rotatable bonds is 3. The summed E-state index contributed by atoms with van der Waals surface area (Å²) in [6.07, 6.45) is 6.38. The Hall–Kier alpha value is -2.48. The van der Waals surface area contributed by atoms with Crippen LogP contribution in [0, 0.1) is 6.92 Å². The standard InChI is InChI=1S/C17H19N5O2S/c1-11-19-12(10-25-11)8-15(23)21-6-3-2-4-14(21)13-9-16(24)22-7-5-18-17(22)20-13/h5,7,9-10,14H,2-4,6,8H2,1H3,(H,18,20)/t14-/m1/s1. The van der Waals surface area contributed by atoms with E-state index in [2.05, 4.69) is 15.0 Å². The van der Waals surface area contributed by atoms with Crippen molar-refractivity contribution < 1.29 is 4.79 Å². The molecule has 8 heteroatoms. The topological polar surface area (TPSA) is 83.4 Å². The van der Waals surface area contributed by atoms with Gasteiger partial charge in [0.25, 0.3) is 5.56 Å². The molecule has 4 heterocycles. The lowest BCUT2D eigenvalue weighted by atomic mass is 9.98. The van der Waals surface area contributed by atoms with E-state index in [9.17, 15) is 9.59 Å². The van der Waals surface area contributed by atoms with Crippen LogP contribution >= 0.6 is 11.3 Å². The first-order valence-electron chi connectivity index (χ1n) is 8.38. The van der Waals surface area contributed by atoms with Crippen LogP contribution in [0.1, 0.15) is 41.7 Å². The van der Waals surface area contributed by atoms with Gasteiger partial charge in [0, 0.05) is 36.1 Å². The number of fused-ring (bicyclic) bond motifs is 1. The molecule has 1 amide bonds. The number of H-pyrrole nitrogens is 1. The molecule has 0 radical (unpaired) electrons. The number of aromatic nitrogens is 4. The molecule has 0 aliphatic carbocycles. The SMILES string of the molecule is Cc1nc(CC(=O)N2CCCC[C@@H]2c2cc(=O)n3ccnc3[nH]2)cs1. The van der Waals surface area contributed by atoms with Crippen molar-refractivity contribution in [3.05, 3.63) is 50.6 Å². The van der Waals surface area contributed by atoms with Gasteiger partial charge in [-0.15, -0.1) is 11.3 Å². The van der Waals surface area contributed by atoms with Crippen LogP contribution in [0.2, 0.25) is 0 Å². The molecule has 0 unspecified atom stereocenters. The number of carbonyl (C=O) groups is 1. The fourth-order valence-electron chi connectivity index (χ4n) is 3.42. The second-order valence-electron chi connectivity index (χ2n) is 6.32. The molecular weight excluding hydrogens is 338 g/mol. The average Bonchev–Trinajstić information content (AvgIpc) is 3.24. The highest BCUT2D eigenvalue weighted by atomic mass is 32.1. The minimum absolute atomic E-state index is 0.0547. The smallest absolute Gasteiger partial charge is 0.259 e. The van der Waals surface area contributed by atoms with E-state index in [1.54, 1.807) is 29.8 Å². The first kappa shape index (κ1) is 16.0. The van der Waals surface area contributed by atoms with Gasteiger partial charge in [-0.3, -0.25) is 14.0 Å². The summed E-state index contributed by atoms with van der Waals surface area (Å²) in [5, 5.41) is 2.90. The minimum atomic E-state index is -0.130. The third-order valence-corrected chi connectivity index (χ3v) is 5.42. The van der Waals surface area contributed by atoms with Crippen molar-refractivity contribution in [2.75, 3.05) is 6.54 Å². The molecule has 3 aromatic rings. The normalized spacial score (nSPS) is 18.0. The largest absolute Gasteiger partial charge is 0.334 e. The number of carbonyl (C=O) groups excluding carboxylic acids is 1. The maximum Gasteiger partial charge on any atom is 0.259 e. The van der Waals surface area contributed by atoms with Crippen LogP contribution in [-0.4, -0.2) is 36.7 Å². The van der Waals surface area contributed by atoms with E-state index >= 15 is 0 Å². The Balaban J connectivity index is 1.63. The lowest BCUT2D eigenvalue weighted by Crippen LogP contribution is -2.40. The molecule has 3 aromatic heterocycles. The van der Waals surface area contributed by atoms with Gasteiger partial charge < -0.3 is 9.88 Å². The lowest BCUT2D eigenvalue weighted by molar-refractivity contribution is -0.134. The van der Waals surface area contributed by atoms with Crippen LogP contribution < -0.4 is 5.56 Å². The zero-order valence-electron chi connectivity index (χ0n) is 13.9. The number of nitrogens with zero attached hydrogens (tertiary/aromatic N) is 4.